The smallest absolute Gasteiger partial charge is 0.205 e. The summed E-state index contributed by atoms with van der Waals surface area (Å²) in [4.78, 5) is 3.90. The minimum absolute atomic E-state index is 0.410. The van der Waals surface area contributed by atoms with Crippen molar-refractivity contribution in [2.24, 2.45) is 4.99 Å². The van der Waals surface area contributed by atoms with Crippen LogP contribution in [0.2, 0.25) is 0 Å². The van der Waals surface area contributed by atoms with Crippen molar-refractivity contribution in [3.63, 3.8) is 0 Å². The number of nitrogens with zero attached hydrogens (tertiary/aromatic N) is 1. The molecular weight excluding hydrogens is 114 g/mol. The lowest BCUT2D eigenvalue weighted by Gasteiger charge is -1.95. The van der Waals surface area contributed by atoms with E-state index in [-0.39, 0.29) is 0 Å². The Morgan fingerprint density at radius 3 is 2.56 bits per heavy atom. The van der Waals surface area contributed by atoms with Gasteiger partial charge >= 0.3 is 0 Å². The maximum Gasteiger partial charge on any atom is 0.205 e. The van der Waals surface area contributed by atoms with Gasteiger partial charge in [-0.15, -0.1) is 0 Å². The van der Waals surface area contributed by atoms with Crippen LogP contribution in [0, 0.1) is 0 Å². The minimum atomic E-state index is 0.410. The van der Waals surface area contributed by atoms with E-state index in [1.165, 1.54) is 7.11 Å². The molecule has 2 nitrogen and oxygen atoms in total. The monoisotopic (exact) mass is 125 g/mol. The van der Waals surface area contributed by atoms with Crippen molar-refractivity contribution < 1.29 is 4.74 Å². The van der Waals surface area contributed by atoms with E-state index < -0.39 is 0 Å². The van der Waals surface area contributed by atoms with Crippen LogP contribution in [0.4, 0.5) is 0 Å². The fourth-order valence-corrected chi connectivity index (χ4v) is 0.288. The van der Waals surface area contributed by atoms with Crippen LogP contribution in [-0.4, -0.2) is 12.8 Å². The molecule has 0 aliphatic carbocycles. The van der Waals surface area contributed by atoms with E-state index in [0.29, 0.717) is 5.88 Å². The highest BCUT2D eigenvalue weighted by atomic mass is 16.5. The second-order valence-electron chi connectivity index (χ2n) is 1.56. The van der Waals surface area contributed by atoms with Crippen molar-refractivity contribution in [3.8, 4) is 0 Å². The van der Waals surface area contributed by atoms with Gasteiger partial charge in [0.05, 0.1) is 7.11 Å². The minimum Gasteiger partial charge on any atom is -0.481 e. The first-order chi connectivity index (χ1) is 4.20. The van der Waals surface area contributed by atoms with E-state index in [4.69, 9.17) is 4.74 Å². The summed E-state index contributed by atoms with van der Waals surface area (Å²) in [6.45, 7) is 8.85. The number of allylic oxidation sites excluding steroid dienone is 1. The predicted octanol–water partition coefficient (Wildman–Crippen LogP) is 1.75. The standard InChI is InChI=1S/C7H11NO/c1-5-6(2)8-7(3)9-4/h5H,1,3H2,2,4H3/b8-6-. The molecule has 0 aromatic heterocycles. The Balaban J connectivity index is 3.94. The van der Waals surface area contributed by atoms with Crippen LogP contribution in [0.15, 0.2) is 30.1 Å². The summed E-state index contributed by atoms with van der Waals surface area (Å²) in [5.74, 6) is 0.410. The van der Waals surface area contributed by atoms with E-state index >= 15 is 0 Å². The first-order valence-corrected chi connectivity index (χ1v) is 2.61. The SMILES string of the molecule is C=C/C(C)=N\C(=C)OC. The zero-order chi connectivity index (χ0) is 7.28. The highest BCUT2D eigenvalue weighted by molar-refractivity contribution is 5.92. The summed E-state index contributed by atoms with van der Waals surface area (Å²) >= 11 is 0. The Morgan fingerprint density at radius 1 is 1.67 bits per heavy atom. The molecule has 0 unspecified atom stereocenters. The van der Waals surface area contributed by atoms with E-state index in [1.54, 1.807) is 6.08 Å². The zero-order valence-electron chi connectivity index (χ0n) is 5.85. The molecule has 0 N–H and O–H groups in total. The average molecular weight is 125 g/mol. The molecule has 50 valence electrons. The van der Waals surface area contributed by atoms with Gasteiger partial charge in [0, 0.05) is 5.71 Å². The van der Waals surface area contributed by atoms with Crippen LogP contribution in [0.1, 0.15) is 6.92 Å². The van der Waals surface area contributed by atoms with Gasteiger partial charge in [-0.3, -0.25) is 0 Å². The molecule has 0 fully saturated rings. The van der Waals surface area contributed by atoms with Crippen LogP contribution in [0.25, 0.3) is 0 Å². The second-order valence-corrected chi connectivity index (χ2v) is 1.56. The van der Waals surface area contributed by atoms with Crippen molar-refractivity contribution in [3.05, 3.63) is 25.1 Å². The molecule has 0 atom stereocenters. The Labute approximate surface area is 55.6 Å². The second kappa shape index (κ2) is 3.89. The molecule has 9 heavy (non-hydrogen) atoms. The quantitative estimate of drug-likeness (QED) is 0.416. The number of aliphatic imine (C=N–C) groups is 1. The summed E-state index contributed by atoms with van der Waals surface area (Å²) in [6.07, 6.45) is 1.64. The van der Waals surface area contributed by atoms with E-state index in [0.717, 1.165) is 5.71 Å². The molecule has 0 aromatic carbocycles. The predicted molar refractivity (Wildman–Crippen MR) is 39.5 cm³/mol. The summed E-state index contributed by atoms with van der Waals surface area (Å²) in [7, 11) is 1.53. The first kappa shape index (κ1) is 7.95. The number of hydrogen-bond donors (Lipinski definition) is 0. The van der Waals surface area contributed by atoms with Gasteiger partial charge in [0.15, 0.2) is 0 Å². The normalized spacial score (nSPS) is 10.7. The van der Waals surface area contributed by atoms with Gasteiger partial charge in [0.25, 0.3) is 0 Å². The first-order valence-electron chi connectivity index (χ1n) is 2.61. The molecule has 0 spiro atoms. The van der Waals surface area contributed by atoms with Gasteiger partial charge in [0.2, 0.25) is 5.88 Å². The van der Waals surface area contributed by atoms with Crippen molar-refractivity contribution in [2.75, 3.05) is 7.11 Å². The molecule has 0 rings (SSSR count). The third-order valence-corrected chi connectivity index (χ3v) is 0.832. The summed E-state index contributed by atoms with van der Waals surface area (Å²) < 4.78 is 4.69. The molecule has 0 heterocycles. The Kier molecular flexibility index (Phi) is 3.44. The number of methoxy groups -OCH3 is 1. The molecular formula is C7H11NO. The van der Waals surface area contributed by atoms with Crippen molar-refractivity contribution in [1.29, 1.82) is 0 Å². The molecule has 0 aliphatic rings. The van der Waals surface area contributed by atoms with Gasteiger partial charge in [-0.25, -0.2) is 4.99 Å². The van der Waals surface area contributed by atoms with Crippen molar-refractivity contribution in [1.82, 2.24) is 0 Å². The van der Waals surface area contributed by atoms with Gasteiger partial charge in [0.1, 0.15) is 0 Å². The van der Waals surface area contributed by atoms with Crippen molar-refractivity contribution >= 4 is 5.71 Å². The highest BCUT2D eigenvalue weighted by Crippen LogP contribution is 1.92. The van der Waals surface area contributed by atoms with Crippen LogP contribution in [-0.2, 0) is 4.74 Å². The van der Waals surface area contributed by atoms with E-state index in [9.17, 15) is 0 Å². The molecule has 0 aromatic rings. The maximum atomic E-state index is 4.69. The molecule has 0 aliphatic heterocycles. The Hall–Kier alpha value is -1.05. The van der Waals surface area contributed by atoms with E-state index in [2.05, 4.69) is 18.2 Å². The van der Waals surface area contributed by atoms with E-state index in [1.807, 2.05) is 6.92 Å². The molecule has 0 amide bonds. The number of ether oxygens (including phenoxy) is 1. The third kappa shape index (κ3) is 3.53. The van der Waals surface area contributed by atoms with Gasteiger partial charge in [-0.2, -0.15) is 0 Å². The number of hydrogen-bond acceptors (Lipinski definition) is 2. The maximum absolute atomic E-state index is 4.69. The molecule has 2 heteroatoms. The van der Waals surface area contributed by atoms with Gasteiger partial charge in [-0.1, -0.05) is 6.58 Å². The van der Waals surface area contributed by atoms with Gasteiger partial charge < -0.3 is 4.74 Å². The molecule has 0 saturated heterocycles. The lowest BCUT2D eigenvalue weighted by atomic mass is 10.4. The van der Waals surface area contributed by atoms with Crippen LogP contribution in [0.3, 0.4) is 0 Å². The number of rotatable bonds is 3. The molecule has 0 radical (unpaired) electrons. The third-order valence-electron chi connectivity index (χ3n) is 0.832. The molecule has 0 saturated carbocycles. The highest BCUT2D eigenvalue weighted by Gasteiger charge is 1.84. The van der Waals surface area contributed by atoms with Crippen LogP contribution >= 0.6 is 0 Å². The Morgan fingerprint density at radius 2 is 2.22 bits per heavy atom. The summed E-state index contributed by atoms with van der Waals surface area (Å²) in [5, 5.41) is 0. The van der Waals surface area contributed by atoms with Crippen LogP contribution < -0.4 is 0 Å². The Bertz CT molecular complexity index is 147. The summed E-state index contributed by atoms with van der Waals surface area (Å²) in [6, 6.07) is 0. The lowest BCUT2D eigenvalue weighted by molar-refractivity contribution is 0.290. The largest absolute Gasteiger partial charge is 0.481 e. The average Bonchev–Trinajstić information content (AvgIpc) is 1.87. The fourth-order valence-electron chi connectivity index (χ4n) is 0.288. The molecule has 0 bridgehead atoms. The topological polar surface area (TPSA) is 21.6 Å². The summed E-state index contributed by atoms with van der Waals surface area (Å²) in [5.41, 5.74) is 0.807. The van der Waals surface area contributed by atoms with Gasteiger partial charge in [-0.05, 0) is 19.6 Å². The fraction of sp³-hybridized carbons (Fsp3) is 0.286. The van der Waals surface area contributed by atoms with Crippen molar-refractivity contribution in [2.45, 2.75) is 6.92 Å². The zero-order valence-corrected chi connectivity index (χ0v) is 5.85. The lowest BCUT2D eigenvalue weighted by Crippen LogP contribution is -1.86. The van der Waals surface area contributed by atoms with Crippen LogP contribution in [0.5, 0.6) is 0 Å².